The van der Waals surface area contributed by atoms with Crippen LogP contribution in [0.2, 0.25) is 0 Å². The quantitative estimate of drug-likeness (QED) is 0.0264. The zero-order valence-corrected chi connectivity index (χ0v) is 49.5. The van der Waals surface area contributed by atoms with Crippen LogP contribution in [0.4, 0.5) is 0 Å². The second-order valence-electron chi connectivity index (χ2n) is 19.5. The van der Waals surface area contributed by atoms with Crippen LogP contribution in [0.1, 0.15) is 232 Å². The Labute approximate surface area is 471 Å². The number of carbonyl (C=O) groups excluding carboxylic acids is 2. The van der Waals surface area contributed by atoms with Crippen molar-refractivity contribution in [3.8, 4) is 0 Å². The standard InChI is InChI=1S/C67H110NO8P/c1-3-5-7-9-11-13-15-17-19-21-23-25-27-29-30-31-32-33-34-36-37-39-41-43-45-47-49-51-53-55-57-59-66(69)73-63-65(64-75-77(71,72)74-62-61-68)76-67(70)60-58-56-54-52-50-48-46-44-42-40-38-35-28-26-24-22-20-18-16-14-12-10-8-6-4-2/h5-8,11-14,17-20,23-26,29-30,35,38,42,44,48,50,65H,3-4,9-10,15-16,21-22,27-28,31-34,36-37,39-41,43,45-47,49,51-64,68H2,1-2H3,(H,71,72)/b7-5-,8-6-,13-11-,14-12-,19-17-,20-18-,25-23-,26-24-,30-29-,38-35-,44-42-,50-48-. The molecule has 0 aliphatic heterocycles. The van der Waals surface area contributed by atoms with Gasteiger partial charge in [0.15, 0.2) is 6.10 Å². The van der Waals surface area contributed by atoms with Crippen LogP contribution < -0.4 is 5.73 Å². The maximum atomic E-state index is 12.7. The van der Waals surface area contributed by atoms with Crippen molar-refractivity contribution in [1.82, 2.24) is 0 Å². The highest BCUT2D eigenvalue weighted by atomic mass is 31.2. The molecular weight excluding hydrogens is 978 g/mol. The van der Waals surface area contributed by atoms with Crippen molar-refractivity contribution in [2.24, 2.45) is 5.73 Å². The van der Waals surface area contributed by atoms with E-state index < -0.39 is 32.5 Å². The molecule has 10 heteroatoms. The number of phosphoric acid groups is 1. The molecule has 0 radical (unpaired) electrons. The summed E-state index contributed by atoms with van der Waals surface area (Å²) in [7, 11) is -4.41. The number of nitrogens with two attached hydrogens (primary N) is 1. The number of esters is 2. The molecule has 2 unspecified atom stereocenters. The van der Waals surface area contributed by atoms with Crippen molar-refractivity contribution in [3.05, 3.63) is 146 Å². The largest absolute Gasteiger partial charge is 0.472 e. The molecule has 3 N–H and O–H groups in total. The Balaban J connectivity index is 4.03. The molecule has 436 valence electrons. The summed E-state index contributed by atoms with van der Waals surface area (Å²) in [6.45, 7) is 3.47. The number of ether oxygens (including phenoxy) is 2. The first-order chi connectivity index (χ1) is 37.8. The van der Waals surface area contributed by atoms with E-state index in [2.05, 4.69) is 160 Å². The molecule has 9 nitrogen and oxygen atoms in total. The van der Waals surface area contributed by atoms with Crippen molar-refractivity contribution < 1.29 is 37.6 Å². The highest BCUT2D eigenvalue weighted by Gasteiger charge is 2.26. The summed E-state index contributed by atoms with van der Waals surface area (Å²) in [5, 5.41) is 0. The van der Waals surface area contributed by atoms with Crippen LogP contribution in [0, 0.1) is 0 Å². The molecule has 2 atom stereocenters. The highest BCUT2D eigenvalue weighted by molar-refractivity contribution is 7.47. The summed E-state index contributed by atoms with van der Waals surface area (Å²) in [4.78, 5) is 35.2. The van der Waals surface area contributed by atoms with E-state index in [0.29, 0.717) is 6.42 Å². The Bertz CT molecular complexity index is 1770. The van der Waals surface area contributed by atoms with E-state index in [0.717, 1.165) is 116 Å². The van der Waals surface area contributed by atoms with Crippen molar-refractivity contribution in [2.75, 3.05) is 26.4 Å². The number of phosphoric ester groups is 1. The van der Waals surface area contributed by atoms with Crippen LogP contribution in [0.3, 0.4) is 0 Å². The summed E-state index contributed by atoms with van der Waals surface area (Å²) in [5.74, 6) is -0.874. The van der Waals surface area contributed by atoms with Crippen molar-refractivity contribution in [3.63, 3.8) is 0 Å². The summed E-state index contributed by atoms with van der Waals surface area (Å²) in [6.07, 6.45) is 87.6. The van der Waals surface area contributed by atoms with Crippen LogP contribution in [-0.4, -0.2) is 49.3 Å². The smallest absolute Gasteiger partial charge is 0.462 e. The van der Waals surface area contributed by atoms with Gasteiger partial charge in [-0.1, -0.05) is 250 Å². The number of unbranched alkanes of at least 4 members (excludes halogenated alkanes) is 18. The van der Waals surface area contributed by atoms with E-state index in [1.165, 1.54) is 83.5 Å². The summed E-state index contributed by atoms with van der Waals surface area (Å²) >= 11 is 0. The SMILES string of the molecule is CC/C=C\C/C=C\C/C=C\C/C=C\C/C=C\C/C=C\C/C=C\CCCCCC(=O)OC(COC(=O)CCCCCCCCCCCCCCCCC/C=C\C/C=C\C/C=C\C/C=C\C/C=C\CC)COP(=O)(O)OCCN. The number of hydrogen-bond donors (Lipinski definition) is 2. The van der Waals surface area contributed by atoms with Gasteiger partial charge in [0.2, 0.25) is 0 Å². The summed E-state index contributed by atoms with van der Waals surface area (Å²) in [5.41, 5.74) is 5.38. The van der Waals surface area contributed by atoms with Gasteiger partial charge in [0.25, 0.3) is 0 Å². The van der Waals surface area contributed by atoms with Gasteiger partial charge in [0.1, 0.15) is 6.61 Å². The fourth-order valence-electron chi connectivity index (χ4n) is 7.82. The lowest BCUT2D eigenvalue weighted by Crippen LogP contribution is -2.29. The second-order valence-corrected chi connectivity index (χ2v) is 20.9. The van der Waals surface area contributed by atoms with Gasteiger partial charge in [-0.05, 0) is 116 Å². The fourth-order valence-corrected chi connectivity index (χ4v) is 8.58. The Morgan fingerprint density at radius 2 is 0.675 bits per heavy atom. The molecule has 0 aliphatic rings. The normalized spacial score (nSPS) is 14.1. The van der Waals surface area contributed by atoms with E-state index in [1.54, 1.807) is 0 Å². The Morgan fingerprint density at radius 3 is 1.01 bits per heavy atom. The van der Waals surface area contributed by atoms with Gasteiger partial charge in [-0.15, -0.1) is 0 Å². The minimum Gasteiger partial charge on any atom is -0.462 e. The predicted octanol–water partition coefficient (Wildman–Crippen LogP) is 19.5. The van der Waals surface area contributed by atoms with Crippen LogP contribution >= 0.6 is 7.82 Å². The van der Waals surface area contributed by atoms with E-state index in [1.807, 2.05) is 0 Å². The Kier molecular flexibility index (Phi) is 57.8. The lowest BCUT2D eigenvalue weighted by Gasteiger charge is -2.19. The Morgan fingerprint density at radius 1 is 0.390 bits per heavy atom. The third-order valence-corrected chi connectivity index (χ3v) is 13.2. The van der Waals surface area contributed by atoms with Gasteiger partial charge >= 0.3 is 19.8 Å². The van der Waals surface area contributed by atoms with E-state index in [9.17, 15) is 19.0 Å². The van der Waals surface area contributed by atoms with Gasteiger partial charge in [0, 0.05) is 19.4 Å². The maximum Gasteiger partial charge on any atom is 0.472 e. The summed E-state index contributed by atoms with van der Waals surface area (Å²) in [6, 6.07) is 0. The van der Waals surface area contributed by atoms with E-state index in [4.69, 9.17) is 24.3 Å². The average molecular weight is 1090 g/mol. The number of carbonyl (C=O) groups is 2. The molecule has 0 saturated carbocycles. The highest BCUT2D eigenvalue weighted by Crippen LogP contribution is 2.43. The number of rotatable bonds is 55. The van der Waals surface area contributed by atoms with Crippen molar-refractivity contribution in [2.45, 2.75) is 238 Å². The molecule has 0 aromatic heterocycles. The molecule has 0 bridgehead atoms. The van der Waals surface area contributed by atoms with Gasteiger partial charge in [-0.2, -0.15) is 0 Å². The molecule has 0 aromatic rings. The molecule has 0 amide bonds. The zero-order chi connectivity index (χ0) is 55.9. The summed E-state index contributed by atoms with van der Waals surface area (Å²) < 4.78 is 33.0. The second kappa shape index (κ2) is 61.1. The van der Waals surface area contributed by atoms with Gasteiger partial charge < -0.3 is 20.1 Å². The third-order valence-electron chi connectivity index (χ3n) is 12.2. The monoisotopic (exact) mass is 1090 g/mol. The molecule has 0 saturated heterocycles. The number of hydrogen-bond acceptors (Lipinski definition) is 8. The van der Waals surface area contributed by atoms with Crippen LogP contribution in [0.15, 0.2) is 146 Å². The first-order valence-corrected chi connectivity index (χ1v) is 31.8. The van der Waals surface area contributed by atoms with Crippen molar-refractivity contribution >= 4 is 19.8 Å². The van der Waals surface area contributed by atoms with Gasteiger partial charge in [-0.25, -0.2) is 4.57 Å². The predicted molar refractivity (Wildman–Crippen MR) is 330 cm³/mol. The third kappa shape index (κ3) is 61.0. The van der Waals surface area contributed by atoms with Crippen molar-refractivity contribution in [1.29, 1.82) is 0 Å². The molecule has 0 fully saturated rings. The maximum absolute atomic E-state index is 12.7. The van der Waals surface area contributed by atoms with Crippen LogP contribution in [0.5, 0.6) is 0 Å². The van der Waals surface area contributed by atoms with Crippen LogP contribution in [0.25, 0.3) is 0 Å². The topological polar surface area (TPSA) is 134 Å². The minimum atomic E-state index is -4.41. The average Bonchev–Trinajstić information content (AvgIpc) is 3.42. The van der Waals surface area contributed by atoms with Crippen LogP contribution in [-0.2, 0) is 32.7 Å². The van der Waals surface area contributed by atoms with Gasteiger partial charge in [0.05, 0.1) is 13.2 Å². The lowest BCUT2D eigenvalue weighted by molar-refractivity contribution is -0.161. The molecule has 77 heavy (non-hydrogen) atoms. The van der Waals surface area contributed by atoms with Gasteiger partial charge in [-0.3, -0.25) is 18.6 Å². The van der Waals surface area contributed by atoms with E-state index >= 15 is 0 Å². The lowest BCUT2D eigenvalue weighted by atomic mass is 10.0. The molecule has 0 rings (SSSR count). The molecular formula is C67H110NO8P. The molecule has 0 heterocycles. The Hall–Kier alpha value is -4.11. The molecule has 0 spiro atoms. The van der Waals surface area contributed by atoms with E-state index in [-0.39, 0.29) is 32.6 Å². The first-order valence-electron chi connectivity index (χ1n) is 30.3. The molecule has 0 aliphatic carbocycles. The fraction of sp³-hybridized carbons (Fsp3) is 0.612. The molecule has 0 aromatic carbocycles. The number of allylic oxidation sites excluding steroid dienone is 24. The first kappa shape index (κ1) is 72.9. The minimum absolute atomic E-state index is 0.0402. The zero-order valence-electron chi connectivity index (χ0n) is 48.6.